The topological polar surface area (TPSA) is 142 Å². The first-order valence-electron chi connectivity index (χ1n) is 10.8. The molecule has 186 valence electrons. The molecule has 2 heterocycles. The van der Waals surface area contributed by atoms with E-state index >= 15 is 4.39 Å². The second kappa shape index (κ2) is 11.1. The quantitative estimate of drug-likeness (QED) is 0.255. The Morgan fingerprint density at radius 1 is 1.03 bits per heavy atom. The lowest BCUT2D eigenvalue weighted by atomic mass is 10.1. The highest BCUT2D eigenvalue weighted by Gasteiger charge is 2.34. The summed E-state index contributed by atoms with van der Waals surface area (Å²) in [4.78, 5) is 36.8. The summed E-state index contributed by atoms with van der Waals surface area (Å²) >= 11 is 5.87. The van der Waals surface area contributed by atoms with Crippen LogP contribution in [0.25, 0.3) is 11.2 Å². The van der Waals surface area contributed by atoms with Crippen molar-refractivity contribution in [3.05, 3.63) is 83.4 Å². The molecule has 1 unspecified atom stereocenters. The van der Waals surface area contributed by atoms with Gasteiger partial charge in [-0.15, -0.1) is 0 Å². The van der Waals surface area contributed by atoms with E-state index in [9.17, 15) is 14.7 Å². The Hall–Kier alpha value is -4.09. The van der Waals surface area contributed by atoms with Gasteiger partial charge in [-0.1, -0.05) is 36.4 Å². The number of esters is 2. The van der Waals surface area contributed by atoms with Gasteiger partial charge in [-0.2, -0.15) is 9.97 Å². The number of nitrogens with zero attached hydrogens (tertiary/aromatic N) is 4. The van der Waals surface area contributed by atoms with Gasteiger partial charge >= 0.3 is 11.9 Å². The predicted molar refractivity (Wildman–Crippen MR) is 128 cm³/mol. The van der Waals surface area contributed by atoms with E-state index in [-0.39, 0.29) is 33.4 Å². The standard InChI is InChI=1S/C24H21ClFN5O5/c25-24-29-20(27)18-21(30-24)31(13-28-18)11-16(26)19(36-23(34)15-9-5-2-6-10-15)17(32)12-35-22(33)14-7-3-1-4-8-14/h1-10,13,16-17,19,32H,11-12H2,(H2,27,29,30)/t16-,17+,19?/m0/s1. The van der Waals surface area contributed by atoms with E-state index in [0.29, 0.717) is 0 Å². The van der Waals surface area contributed by atoms with Gasteiger partial charge in [-0.3, -0.25) is 0 Å². The number of nitrogens with two attached hydrogens (primary N) is 1. The molecule has 0 saturated carbocycles. The molecule has 0 fully saturated rings. The first-order valence-corrected chi connectivity index (χ1v) is 11.2. The van der Waals surface area contributed by atoms with Crippen molar-refractivity contribution in [2.45, 2.75) is 24.9 Å². The van der Waals surface area contributed by atoms with Gasteiger partial charge in [-0.05, 0) is 35.9 Å². The van der Waals surface area contributed by atoms with Crippen molar-refractivity contribution in [1.29, 1.82) is 0 Å². The molecule has 12 heteroatoms. The van der Waals surface area contributed by atoms with E-state index in [4.69, 9.17) is 26.8 Å². The van der Waals surface area contributed by atoms with Crippen LogP contribution in [-0.4, -0.2) is 61.6 Å². The lowest BCUT2D eigenvalue weighted by Crippen LogP contribution is -2.43. The lowest BCUT2D eigenvalue weighted by molar-refractivity contribution is -0.0737. The smallest absolute Gasteiger partial charge is 0.338 e. The van der Waals surface area contributed by atoms with Crippen molar-refractivity contribution in [3.8, 4) is 0 Å². The fourth-order valence-electron chi connectivity index (χ4n) is 3.44. The summed E-state index contributed by atoms with van der Waals surface area (Å²) in [5.41, 5.74) is 6.57. The first-order chi connectivity index (χ1) is 17.3. The third-order valence-corrected chi connectivity index (χ3v) is 5.39. The van der Waals surface area contributed by atoms with E-state index in [1.54, 1.807) is 36.4 Å². The van der Waals surface area contributed by atoms with Crippen LogP contribution in [0.2, 0.25) is 5.28 Å². The maximum Gasteiger partial charge on any atom is 0.338 e. The molecule has 3 N–H and O–H groups in total. The summed E-state index contributed by atoms with van der Waals surface area (Å²) in [7, 11) is 0. The van der Waals surface area contributed by atoms with Crippen molar-refractivity contribution in [2.75, 3.05) is 12.3 Å². The Bertz CT molecular complexity index is 1360. The Morgan fingerprint density at radius 3 is 2.28 bits per heavy atom. The molecule has 0 aliphatic rings. The fourth-order valence-corrected chi connectivity index (χ4v) is 3.61. The minimum atomic E-state index is -1.96. The zero-order valence-electron chi connectivity index (χ0n) is 18.7. The number of rotatable bonds is 9. The summed E-state index contributed by atoms with van der Waals surface area (Å²) in [6.45, 7) is -1.05. The molecule has 36 heavy (non-hydrogen) atoms. The number of carbonyl (C=O) groups is 2. The van der Waals surface area contributed by atoms with Gasteiger partial charge in [0.15, 0.2) is 23.7 Å². The number of hydrogen-bond acceptors (Lipinski definition) is 9. The summed E-state index contributed by atoms with van der Waals surface area (Å²) in [5.74, 6) is -1.57. The van der Waals surface area contributed by atoms with Crippen LogP contribution in [0.15, 0.2) is 67.0 Å². The number of benzene rings is 2. The summed E-state index contributed by atoms with van der Waals surface area (Å²) in [5, 5.41) is 10.6. The van der Waals surface area contributed by atoms with Gasteiger partial charge in [0.25, 0.3) is 0 Å². The van der Waals surface area contributed by atoms with E-state index in [1.165, 1.54) is 35.2 Å². The number of alkyl halides is 1. The third kappa shape index (κ3) is 5.75. The molecule has 0 spiro atoms. The number of fused-ring (bicyclic) bond motifs is 1. The molecule has 2 aromatic heterocycles. The van der Waals surface area contributed by atoms with Crippen molar-refractivity contribution >= 4 is 40.5 Å². The summed E-state index contributed by atoms with van der Waals surface area (Å²) in [6, 6.07) is 16.0. The highest BCUT2D eigenvalue weighted by atomic mass is 35.5. The van der Waals surface area contributed by atoms with E-state index in [2.05, 4.69) is 15.0 Å². The SMILES string of the molecule is Nc1nc(Cl)nc2c1ncn2C[C@H](F)C(OC(=O)c1ccccc1)[C@H](O)COC(=O)c1ccccc1. The molecule has 4 aromatic rings. The predicted octanol–water partition coefficient (Wildman–Crippen LogP) is 2.84. The van der Waals surface area contributed by atoms with Gasteiger partial charge in [-0.25, -0.2) is 19.0 Å². The Balaban J connectivity index is 1.53. The van der Waals surface area contributed by atoms with E-state index in [1.807, 2.05) is 0 Å². The van der Waals surface area contributed by atoms with Crippen LogP contribution in [0, 0.1) is 0 Å². The number of hydrogen-bond donors (Lipinski definition) is 2. The number of carbonyl (C=O) groups excluding carboxylic acids is 2. The van der Waals surface area contributed by atoms with Gasteiger partial charge in [0, 0.05) is 0 Å². The number of aliphatic hydroxyl groups excluding tert-OH is 1. The number of aliphatic hydroxyl groups is 1. The molecule has 2 aromatic carbocycles. The molecule has 0 radical (unpaired) electrons. The largest absolute Gasteiger partial charge is 0.459 e. The van der Waals surface area contributed by atoms with Gasteiger partial charge in [0.05, 0.1) is 24.0 Å². The second-order valence-corrected chi connectivity index (χ2v) is 8.07. The molecule has 3 atom stereocenters. The van der Waals surface area contributed by atoms with Crippen LogP contribution in [0.4, 0.5) is 10.2 Å². The third-order valence-electron chi connectivity index (χ3n) is 5.22. The number of halogens is 2. The molecule has 0 bridgehead atoms. The average Bonchev–Trinajstić information content (AvgIpc) is 3.29. The van der Waals surface area contributed by atoms with Crippen LogP contribution in [0.5, 0.6) is 0 Å². The fraction of sp³-hybridized carbons (Fsp3) is 0.208. The molecule has 0 saturated heterocycles. The normalized spacial score (nSPS) is 13.6. The van der Waals surface area contributed by atoms with Crippen LogP contribution in [0.3, 0.4) is 0 Å². The maximum absolute atomic E-state index is 15.6. The van der Waals surface area contributed by atoms with Crippen LogP contribution in [0.1, 0.15) is 20.7 Å². The second-order valence-electron chi connectivity index (χ2n) is 7.73. The van der Waals surface area contributed by atoms with Gasteiger partial charge in [0.1, 0.15) is 18.2 Å². The van der Waals surface area contributed by atoms with Crippen molar-refractivity contribution in [2.24, 2.45) is 0 Å². The average molecular weight is 514 g/mol. The number of anilines is 1. The molecule has 0 aliphatic heterocycles. The Kier molecular flexibility index (Phi) is 7.71. The van der Waals surface area contributed by atoms with Crippen molar-refractivity contribution in [1.82, 2.24) is 19.5 Å². The zero-order valence-corrected chi connectivity index (χ0v) is 19.5. The minimum absolute atomic E-state index is 0.0130. The lowest BCUT2D eigenvalue weighted by Gasteiger charge is -2.26. The van der Waals surface area contributed by atoms with Gasteiger partial charge < -0.3 is 24.9 Å². The Labute approximate surface area is 209 Å². The molecule has 4 rings (SSSR count). The van der Waals surface area contributed by atoms with E-state index < -0.39 is 43.5 Å². The van der Waals surface area contributed by atoms with Gasteiger partial charge in [0.2, 0.25) is 5.28 Å². The molecular weight excluding hydrogens is 493 g/mol. The highest BCUT2D eigenvalue weighted by molar-refractivity contribution is 6.28. The summed E-state index contributed by atoms with van der Waals surface area (Å²) in [6.07, 6.45) is -4.07. The van der Waals surface area contributed by atoms with Crippen LogP contribution < -0.4 is 5.73 Å². The molecule has 0 amide bonds. The number of imidazole rings is 1. The molecule has 0 aliphatic carbocycles. The van der Waals surface area contributed by atoms with Crippen LogP contribution >= 0.6 is 11.6 Å². The van der Waals surface area contributed by atoms with E-state index in [0.717, 1.165) is 0 Å². The summed E-state index contributed by atoms with van der Waals surface area (Å²) < 4.78 is 27.4. The highest BCUT2D eigenvalue weighted by Crippen LogP contribution is 2.21. The zero-order chi connectivity index (χ0) is 25.7. The number of aromatic nitrogens is 4. The molecule has 10 nitrogen and oxygen atoms in total. The molecular formula is C24H21ClFN5O5. The monoisotopic (exact) mass is 513 g/mol. The van der Waals surface area contributed by atoms with Crippen molar-refractivity contribution in [3.63, 3.8) is 0 Å². The minimum Gasteiger partial charge on any atom is -0.459 e. The number of nitrogen functional groups attached to an aromatic ring is 1. The maximum atomic E-state index is 15.6. The van der Waals surface area contributed by atoms with Crippen molar-refractivity contribution < 1.29 is 28.6 Å². The number of ether oxygens (including phenoxy) is 2. The van der Waals surface area contributed by atoms with Crippen LogP contribution in [-0.2, 0) is 16.0 Å². The Morgan fingerprint density at radius 2 is 1.64 bits per heavy atom. The first kappa shape index (κ1) is 25.0.